The van der Waals surface area contributed by atoms with Gasteiger partial charge in [-0.1, -0.05) is 35.9 Å². The van der Waals surface area contributed by atoms with E-state index in [4.69, 9.17) is 11.6 Å². The van der Waals surface area contributed by atoms with Crippen LogP contribution in [0.2, 0.25) is 5.02 Å². The number of rotatable bonds is 7. The van der Waals surface area contributed by atoms with E-state index in [9.17, 15) is 22.4 Å². The molecule has 1 aromatic carbocycles. The molecule has 0 aliphatic rings. The highest BCUT2D eigenvalue weighted by Crippen LogP contribution is 2.34. The van der Waals surface area contributed by atoms with Gasteiger partial charge >= 0.3 is 0 Å². The molecule has 7 nitrogen and oxygen atoms in total. The first kappa shape index (κ1) is 20.8. The molecule has 0 spiro atoms. The van der Waals surface area contributed by atoms with Crippen molar-refractivity contribution in [1.29, 1.82) is 0 Å². The average molecular weight is 431 g/mol. The van der Waals surface area contributed by atoms with Crippen LogP contribution in [0.1, 0.15) is 35.4 Å². The highest BCUT2D eigenvalue weighted by Gasteiger charge is 2.28. The van der Waals surface area contributed by atoms with Crippen molar-refractivity contribution in [3.63, 3.8) is 0 Å². The third-order valence-corrected chi connectivity index (χ3v) is 4.43. The number of alkyl halides is 4. The Morgan fingerprint density at radius 2 is 1.90 bits per heavy atom. The van der Waals surface area contributed by atoms with Crippen molar-refractivity contribution in [2.45, 2.75) is 32.9 Å². The largest absolute Gasteiger partial charge is 0.292 e. The van der Waals surface area contributed by atoms with E-state index in [0.717, 1.165) is 11.1 Å². The maximum absolute atomic E-state index is 13.1. The molecule has 0 radical (unpaired) electrons. The van der Waals surface area contributed by atoms with Gasteiger partial charge < -0.3 is 0 Å². The zero-order valence-corrected chi connectivity index (χ0v) is 15.7. The molecule has 154 valence electrons. The molecule has 0 fully saturated rings. The first-order valence-corrected chi connectivity index (χ1v) is 8.70. The van der Waals surface area contributed by atoms with Crippen molar-refractivity contribution in [1.82, 2.24) is 24.5 Å². The lowest BCUT2D eigenvalue weighted by Crippen LogP contribution is -2.22. The molecule has 3 aromatic rings. The molecular weight excluding hydrogens is 416 g/mol. The number of halogens is 5. The number of hydrogen-bond acceptors (Lipinski definition) is 4. The molecule has 0 unspecified atom stereocenters. The topological polar surface area (TPSA) is 77.6 Å². The Balaban J connectivity index is 1.70. The third kappa shape index (κ3) is 4.73. The minimum absolute atomic E-state index is 0.0606. The molecule has 0 saturated carbocycles. The Bertz CT molecular complexity index is 1020. The normalized spacial score (nSPS) is 11.4. The lowest BCUT2D eigenvalue weighted by molar-refractivity contribution is -0.117. The summed E-state index contributed by atoms with van der Waals surface area (Å²) in [5.74, 6) is -0.880. The quantitative estimate of drug-likeness (QED) is 0.575. The van der Waals surface area contributed by atoms with Gasteiger partial charge in [0.25, 0.3) is 12.9 Å². The van der Waals surface area contributed by atoms with Gasteiger partial charge in [0.2, 0.25) is 11.9 Å². The predicted octanol–water partition coefficient (Wildman–Crippen LogP) is 4.00. The lowest BCUT2D eigenvalue weighted by atomic mass is 10.1. The number of nitrogens with zero attached hydrogens (tertiary/aromatic N) is 5. The lowest BCUT2D eigenvalue weighted by Gasteiger charge is -2.06. The van der Waals surface area contributed by atoms with Crippen LogP contribution >= 0.6 is 11.6 Å². The summed E-state index contributed by atoms with van der Waals surface area (Å²) in [4.78, 5) is 16.1. The number of hydrogen-bond donors (Lipinski definition) is 1. The Kier molecular flexibility index (Phi) is 6.16. The molecule has 2 heterocycles. The van der Waals surface area contributed by atoms with E-state index in [1.165, 1.54) is 11.0 Å². The molecule has 1 amide bonds. The SMILES string of the molecule is Cc1ccccc1Cn1cnc(NC(=O)Cn2nc(C(F)F)c(Cl)c2C(F)F)n1. The summed E-state index contributed by atoms with van der Waals surface area (Å²) < 4.78 is 53.9. The van der Waals surface area contributed by atoms with Crippen LogP contribution in [0.5, 0.6) is 0 Å². The van der Waals surface area contributed by atoms with Crippen LogP contribution in [0, 0.1) is 6.92 Å². The van der Waals surface area contributed by atoms with Gasteiger partial charge in [-0.3, -0.25) is 14.8 Å². The van der Waals surface area contributed by atoms with E-state index in [2.05, 4.69) is 20.5 Å². The van der Waals surface area contributed by atoms with Gasteiger partial charge in [0.1, 0.15) is 24.3 Å². The second kappa shape index (κ2) is 8.60. The van der Waals surface area contributed by atoms with Gasteiger partial charge in [0.15, 0.2) is 0 Å². The molecule has 0 aliphatic carbocycles. The molecule has 1 N–H and O–H groups in total. The van der Waals surface area contributed by atoms with Crippen LogP contribution in [0.25, 0.3) is 0 Å². The van der Waals surface area contributed by atoms with Gasteiger partial charge in [0, 0.05) is 0 Å². The molecule has 0 bridgehead atoms. The number of aryl methyl sites for hydroxylation is 1. The zero-order valence-electron chi connectivity index (χ0n) is 15.0. The molecule has 2 aromatic heterocycles. The number of carbonyl (C=O) groups excluding carboxylic acids is 1. The third-order valence-electron chi connectivity index (χ3n) is 4.04. The van der Waals surface area contributed by atoms with Gasteiger partial charge in [-0.25, -0.2) is 27.2 Å². The van der Waals surface area contributed by atoms with Crippen molar-refractivity contribution >= 4 is 23.5 Å². The second-order valence-electron chi connectivity index (χ2n) is 6.08. The van der Waals surface area contributed by atoms with Gasteiger partial charge in [-0.05, 0) is 18.1 Å². The summed E-state index contributed by atoms with van der Waals surface area (Å²) in [6.45, 7) is 1.61. The highest BCUT2D eigenvalue weighted by atomic mass is 35.5. The Morgan fingerprint density at radius 1 is 1.17 bits per heavy atom. The van der Waals surface area contributed by atoms with Crippen LogP contribution in [0.4, 0.5) is 23.5 Å². The number of nitrogens with one attached hydrogen (secondary N) is 1. The summed E-state index contributed by atoms with van der Waals surface area (Å²) in [6.07, 6.45) is -4.93. The standard InChI is InChI=1S/C17H15ClF4N6O/c1-9-4-2-3-5-10(9)6-27-8-23-17(26-27)24-11(29)7-28-14(16(21)22)12(18)13(25-28)15(19)20/h2-5,8,15-16H,6-7H2,1H3,(H,24,26,29). The van der Waals surface area contributed by atoms with E-state index in [0.29, 0.717) is 11.2 Å². The van der Waals surface area contributed by atoms with Crippen LogP contribution in [0.3, 0.4) is 0 Å². The molecule has 0 aliphatic heterocycles. The van der Waals surface area contributed by atoms with Crippen molar-refractivity contribution in [2.75, 3.05) is 5.32 Å². The maximum Gasteiger partial charge on any atom is 0.283 e. The van der Waals surface area contributed by atoms with Crippen molar-refractivity contribution in [3.05, 3.63) is 58.1 Å². The fourth-order valence-corrected chi connectivity index (χ4v) is 2.93. The summed E-state index contributed by atoms with van der Waals surface area (Å²) in [5, 5.41) is 8.88. The highest BCUT2D eigenvalue weighted by molar-refractivity contribution is 6.32. The van der Waals surface area contributed by atoms with Gasteiger partial charge in [0.05, 0.1) is 11.6 Å². The molecule has 3 rings (SSSR count). The fraction of sp³-hybridized carbons (Fsp3) is 0.294. The van der Waals surface area contributed by atoms with Crippen molar-refractivity contribution < 1.29 is 22.4 Å². The molecular formula is C17H15ClF4N6O. The first-order chi connectivity index (χ1) is 13.8. The Hall–Kier alpha value is -2.95. The van der Waals surface area contributed by atoms with E-state index < -0.39 is 41.7 Å². The molecule has 29 heavy (non-hydrogen) atoms. The minimum Gasteiger partial charge on any atom is -0.292 e. The molecule has 12 heteroatoms. The average Bonchev–Trinajstić information content (AvgIpc) is 3.20. The van der Waals surface area contributed by atoms with Crippen molar-refractivity contribution in [2.24, 2.45) is 0 Å². The maximum atomic E-state index is 13.1. The fourth-order valence-electron chi connectivity index (χ4n) is 2.63. The minimum atomic E-state index is -3.18. The number of anilines is 1. The monoisotopic (exact) mass is 430 g/mol. The molecule has 0 saturated heterocycles. The summed E-state index contributed by atoms with van der Waals surface area (Å²) >= 11 is 5.55. The van der Waals surface area contributed by atoms with E-state index >= 15 is 0 Å². The Labute approximate surface area is 167 Å². The van der Waals surface area contributed by atoms with Crippen LogP contribution in [-0.4, -0.2) is 30.5 Å². The van der Waals surface area contributed by atoms with E-state index in [1.54, 1.807) is 0 Å². The van der Waals surface area contributed by atoms with E-state index in [-0.39, 0.29) is 5.95 Å². The zero-order chi connectivity index (χ0) is 21.1. The number of aromatic nitrogens is 5. The number of benzene rings is 1. The summed E-state index contributed by atoms with van der Waals surface area (Å²) in [6, 6.07) is 7.65. The summed E-state index contributed by atoms with van der Waals surface area (Å²) in [7, 11) is 0. The smallest absolute Gasteiger partial charge is 0.283 e. The van der Waals surface area contributed by atoms with Crippen LogP contribution < -0.4 is 5.32 Å². The number of amides is 1. The predicted molar refractivity (Wildman–Crippen MR) is 96.1 cm³/mol. The Morgan fingerprint density at radius 3 is 2.55 bits per heavy atom. The van der Waals surface area contributed by atoms with Crippen LogP contribution in [0.15, 0.2) is 30.6 Å². The van der Waals surface area contributed by atoms with Gasteiger partial charge in [-0.2, -0.15) is 5.10 Å². The van der Waals surface area contributed by atoms with E-state index in [1.807, 2.05) is 31.2 Å². The second-order valence-corrected chi connectivity index (χ2v) is 6.46. The van der Waals surface area contributed by atoms with Crippen molar-refractivity contribution in [3.8, 4) is 0 Å². The number of carbonyl (C=O) groups is 1. The molecule has 0 atom stereocenters. The van der Waals surface area contributed by atoms with Crippen LogP contribution in [-0.2, 0) is 17.9 Å². The summed E-state index contributed by atoms with van der Waals surface area (Å²) in [5.41, 5.74) is 0.103. The van der Waals surface area contributed by atoms with Gasteiger partial charge in [-0.15, -0.1) is 5.10 Å². The first-order valence-electron chi connectivity index (χ1n) is 8.32.